The Morgan fingerprint density at radius 2 is 1.61 bits per heavy atom. The minimum Gasteiger partial charge on any atom is -0.424 e. The summed E-state index contributed by atoms with van der Waals surface area (Å²) < 4.78 is 30.8. The van der Waals surface area contributed by atoms with Gasteiger partial charge in [-0.15, -0.1) is 10.2 Å². The molecule has 0 radical (unpaired) electrons. The van der Waals surface area contributed by atoms with Crippen LogP contribution in [0.4, 0.5) is 11.4 Å². The third kappa shape index (κ3) is 4.43. The highest BCUT2D eigenvalue weighted by molar-refractivity contribution is 8.14. The number of aryl methyl sites for hydroxylation is 1. The molecule has 3 aromatic carbocycles. The van der Waals surface area contributed by atoms with Gasteiger partial charge in [-0.05, 0) is 19.1 Å². The Morgan fingerprint density at radius 3 is 2.24 bits per heavy atom. The second-order valence-electron chi connectivity index (χ2n) is 7.06. The SMILES string of the molecule is CC(=O)Oc1cc(S(=O)(=O)Cl)c2ccccc2c1/N=N/c1c(C)[nH]n(-c2ccccc2)c1=O. The maximum absolute atomic E-state index is 12.9. The average Bonchev–Trinajstić information content (AvgIpc) is 3.05. The van der Waals surface area contributed by atoms with Gasteiger partial charge in [0, 0.05) is 34.4 Å². The van der Waals surface area contributed by atoms with Crippen LogP contribution < -0.4 is 10.3 Å². The average molecular weight is 485 g/mol. The van der Waals surface area contributed by atoms with Crippen molar-refractivity contribution in [3.63, 3.8) is 0 Å². The van der Waals surface area contributed by atoms with Crippen LogP contribution >= 0.6 is 10.7 Å². The molecular weight excluding hydrogens is 468 g/mol. The zero-order valence-corrected chi connectivity index (χ0v) is 19.0. The van der Waals surface area contributed by atoms with Gasteiger partial charge in [-0.3, -0.25) is 14.7 Å². The van der Waals surface area contributed by atoms with Crippen molar-refractivity contribution in [2.24, 2.45) is 10.2 Å². The van der Waals surface area contributed by atoms with Crippen molar-refractivity contribution in [2.45, 2.75) is 18.7 Å². The van der Waals surface area contributed by atoms with Crippen LogP contribution in [0.2, 0.25) is 0 Å². The van der Waals surface area contributed by atoms with Crippen molar-refractivity contribution in [1.29, 1.82) is 0 Å². The van der Waals surface area contributed by atoms with Gasteiger partial charge < -0.3 is 4.74 Å². The Bertz CT molecular complexity index is 1570. The summed E-state index contributed by atoms with van der Waals surface area (Å²) in [4.78, 5) is 24.4. The fourth-order valence-electron chi connectivity index (χ4n) is 3.35. The highest BCUT2D eigenvalue weighted by Gasteiger charge is 2.22. The van der Waals surface area contributed by atoms with Crippen LogP contribution in [0.1, 0.15) is 12.6 Å². The number of para-hydroxylation sites is 1. The Hall–Kier alpha value is -3.76. The second kappa shape index (κ2) is 8.64. The number of esters is 1. The predicted molar refractivity (Wildman–Crippen MR) is 124 cm³/mol. The fourth-order valence-corrected chi connectivity index (χ4v) is 4.43. The summed E-state index contributed by atoms with van der Waals surface area (Å²) in [6, 6.07) is 16.5. The number of ether oxygens (including phenoxy) is 1. The molecule has 0 saturated carbocycles. The first-order chi connectivity index (χ1) is 15.7. The lowest BCUT2D eigenvalue weighted by Crippen LogP contribution is -2.13. The van der Waals surface area contributed by atoms with Gasteiger partial charge in [0.2, 0.25) is 0 Å². The summed E-state index contributed by atoms with van der Waals surface area (Å²) in [7, 11) is 1.44. The lowest BCUT2D eigenvalue weighted by atomic mass is 10.1. The number of aromatic nitrogens is 2. The molecule has 0 bridgehead atoms. The lowest BCUT2D eigenvalue weighted by Gasteiger charge is -2.11. The van der Waals surface area contributed by atoms with E-state index in [1.807, 2.05) is 6.07 Å². The zero-order valence-electron chi connectivity index (χ0n) is 17.4. The molecule has 4 aromatic rings. The van der Waals surface area contributed by atoms with E-state index in [0.717, 1.165) is 6.07 Å². The van der Waals surface area contributed by atoms with Gasteiger partial charge >= 0.3 is 5.97 Å². The first kappa shape index (κ1) is 22.4. The van der Waals surface area contributed by atoms with Crippen molar-refractivity contribution in [2.75, 3.05) is 0 Å². The quantitative estimate of drug-likeness (QED) is 0.187. The van der Waals surface area contributed by atoms with E-state index in [1.165, 1.54) is 11.6 Å². The number of carbonyl (C=O) groups excluding carboxylic acids is 1. The highest BCUT2D eigenvalue weighted by Crippen LogP contribution is 2.41. The largest absolute Gasteiger partial charge is 0.424 e. The molecule has 0 aliphatic carbocycles. The number of nitrogens with zero attached hydrogens (tertiary/aromatic N) is 3. The van der Waals surface area contributed by atoms with E-state index >= 15 is 0 Å². The first-order valence-corrected chi connectivity index (χ1v) is 12.0. The number of nitrogens with one attached hydrogen (secondary N) is 1. The lowest BCUT2D eigenvalue weighted by molar-refractivity contribution is -0.131. The molecule has 1 aromatic heterocycles. The Morgan fingerprint density at radius 1 is 1.00 bits per heavy atom. The molecule has 11 heteroatoms. The minimum atomic E-state index is -4.16. The van der Waals surface area contributed by atoms with Crippen molar-refractivity contribution >= 4 is 47.8 Å². The van der Waals surface area contributed by atoms with Crippen LogP contribution in [0.15, 0.2) is 80.6 Å². The molecule has 0 fully saturated rings. The van der Waals surface area contributed by atoms with Crippen LogP contribution in [0.25, 0.3) is 16.5 Å². The Balaban J connectivity index is 1.92. The number of aromatic amines is 1. The van der Waals surface area contributed by atoms with Crippen molar-refractivity contribution in [3.05, 3.63) is 76.7 Å². The molecule has 168 valence electrons. The summed E-state index contributed by atoms with van der Waals surface area (Å²) in [5.41, 5.74) is 0.781. The Kier molecular flexibility index (Phi) is 5.88. The maximum Gasteiger partial charge on any atom is 0.308 e. The molecule has 0 atom stereocenters. The number of halogens is 1. The summed E-state index contributed by atoms with van der Waals surface area (Å²) in [6.45, 7) is 2.84. The van der Waals surface area contributed by atoms with Gasteiger partial charge in [-0.25, -0.2) is 13.1 Å². The molecule has 0 spiro atoms. The molecule has 0 amide bonds. The van der Waals surface area contributed by atoms with E-state index in [-0.39, 0.29) is 27.4 Å². The van der Waals surface area contributed by atoms with Crippen LogP contribution in [0.3, 0.4) is 0 Å². The van der Waals surface area contributed by atoms with Gasteiger partial charge in [0.1, 0.15) is 5.69 Å². The topological polar surface area (TPSA) is 123 Å². The van der Waals surface area contributed by atoms with Gasteiger partial charge in [0.25, 0.3) is 14.6 Å². The molecule has 33 heavy (non-hydrogen) atoms. The molecule has 0 aliphatic heterocycles. The Labute approximate surface area is 192 Å². The molecular formula is C22H17ClN4O5S. The third-order valence-corrected chi connectivity index (χ3v) is 6.13. The summed E-state index contributed by atoms with van der Waals surface area (Å²) in [6.07, 6.45) is 0. The van der Waals surface area contributed by atoms with Crippen molar-refractivity contribution in [1.82, 2.24) is 9.78 Å². The fraction of sp³-hybridized carbons (Fsp3) is 0.0909. The van der Waals surface area contributed by atoms with Gasteiger partial charge in [0.15, 0.2) is 11.4 Å². The molecule has 0 saturated heterocycles. The van der Waals surface area contributed by atoms with E-state index in [1.54, 1.807) is 55.5 Å². The molecule has 1 heterocycles. The van der Waals surface area contributed by atoms with Crippen LogP contribution in [-0.2, 0) is 13.8 Å². The van der Waals surface area contributed by atoms with Crippen LogP contribution in [-0.4, -0.2) is 24.2 Å². The van der Waals surface area contributed by atoms with E-state index in [0.29, 0.717) is 16.8 Å². The molecule has 4 rings (SSSR count). The number of H-pyrrole nitrogens is 1. The van der Waals surface area contributed by atoms with Crippen LogP contribution in [0, 0.1) is 6.92 Å². The number of fused-ring (bicyclic) bond motifs is 1. The molecule has 9 nitrogen and oxygen atoms in total. The standard InChI is InChI=1S/C22H17ClN4O5S/c1-13-20(22(29)27(26-13)15-8-4-3-5-9-15)24-25-21-17-11-7-6-10-16(17)19(33(23,30)31)12-18(21)32-14(2)28/h3-12,26H,1-2H3/b25-24+. The monoisotopic (exact) mass is 484 g/mol. The van der Waals surface area contributed by atoms with Gasteiger partial charge in [-0.2, -0.15) is 0 Å². The normalized spacial score (nSPS) is 11.8. The van der Waals surface area contributed by atoms with Gasteiger partial charge in [-0.1, -0.05) is 42.5 Å². The summed E-state index contributed by atoms with van der Waals surface area (Å²) >= 11 is 0. The smallest absolute Gasteiger partial charge is 0.308 e. The second-order valence-corrected chi connectivity index (χ2v) is 9.59. The number of carbonyl (C=O) groups is 1. The number of hydrogen-bond donors (Lipinski definition) is 1. The maximum atomic E-state index is 12.9. The van der Waals surface area contributed by atoms with E-state index < -0.39 is 20.6 Å². The number of azo groups is 1. The molecule has 0 aliphatic rings. The third-order valence-electron chi connectivity index (χ3n) is 4.76. The van der Waals surface area contributed by atoms with Crippen molar-refractivity contribution < 1.29 is 17.9 Å². The van der Waals surface area contributed by atoms with Crippen molar-refractivity contribution in [3.8, 4) is 11.4 Å². The molecule has 1 N–H and O–H groups in total. The number of benzene rings is 3. The first-order valence-electron chi connectivity index (χ1n) is 9.64. The van der Waals surface area contributed by atoms with Gasteiger partial charge in [0.05, 0.1) is 16.3 Å². The summed E-state index contributed by atoms with van der Waals surface area (Å²) in [5.74, 6) is -0.843. The number of rotatable bonds is 5. The highest BCUT2D eigenvalue weighted by atomic mass is 35.7. The minimum absolute atomic E-state index is 0.0470. The predicted octanol–water partition coefficient (Wildman–Crippen LogP) is 4.90. The zero-order chi connectivity index (χ0) is 23.8. The van der Waals surface area contributed by atoms with E-state index in [9.17, 15) is 18.0 Å². The van der Waals surface area contributed by atoms with E-state index in [4.69, 9.17) is 15.4 Å². The van der Waals surface area contributed by atoms with E-state index in [2.05, 4.69) is 15.3 Å². The number of hydrogen-bond acceptors (Lipinski definition) is 7. The van der Waals surface area contributed by atoms with Crippen LogP contribution in [0.5, 0.6) is 5.75 Å². The molecule has 0 unspecified atom stereocenters. The summed E-state index contributed by atoms with van der Waals surface area (Å²) in [5, 5.41) is 11.8.